The second kappa shape index (κ2) is 11.4. The fourth-order valence-corrected chi connectivity index (χ4v) is 4.49. The van der Waals surface area contributed by atoms with Crippen molar-refractivity contribution in [3.05, 3.63) is 118 Å². The predicted molar refractivity (Wildman–Crippen MR) is 136 cm³/mol. The molecule has 0 aliphatic carbocycles. The minimum absolute atomic E-state index is 0.100. The van der Waals surface area contributed by atoms with E-state index in [1.807, 2.05) is 35.7 Å². The van der Waals surface area contributed by atoms with E-state index in [1.54, 1.807) is 61.7 Å². The van der Waals surface area contributed by atoms with Gasteiger partial charge >= 0.3 is 0 Å². The summed E-state index contributed by atoms with van der Waals surface area (Å²) in [4.78, 5) is 29.5. The number of carbonyl (C=O) groups excluding carboxylic acids is 2. The smallest absolute Gasteiger partial charge is 0.248 e. The van der Waals surface area contributed by atoms with E-state index in [0.29, 0.717) is 11.4 Å². The summed E-state index contributed by atoms with van der Waals surface area (Å²) >= 11 is 1.46. The van der Waals surface area contributed by atoms with E-state index in [0.717, 1.165) is 10.4 Å². The van der Waals surface area contributed by atoms with E-state index in [4.69, 9.17) is 4.74 Å². The van der Waals surface area contributed by atoms with Crippen molar-refractivity contribution < 1.29 is 18.7 Å². The predicted octanol–water partition coefficient (Wildman–Crippen LogP) is 5.53. The molecule has 0 unspecified atom stereocenters. The third-order valence-electron chi connectivity index (χ3n) is 5.54. The van der Waals surface area contributed by atoms with Gasteiger partial charge in [0.15, 0.2) is 0 Å². The summed E-state index contributed by atoms with van der Waals surface area (Å²) in [6.07, 6.45) is 0.100. The maximum atomic E-state index is 15.0. The molecular formula is C28H25FN2O3S. The van der Waals surface area contributed by atoms with Crippen molar-refractivity contribution in [3.63, 3.8) is 0 Å². The first-order valence-corrected chi connectivity index (χ1v) is 12.0. The Kier molecular flexibility index (Phi) is 7.90. The summed E-state index contributed by atoms with van der Waals surface area (Å²) in [6.45, 7) is 0.218. The molecule has 0 spiro atoms. The first kappa shape index (κ1) is 24.2. The lowest BCUT2D eigenvalue weighted by Gasteiger charge is -2.31. The van der Waals surface area contributed by atoms with Crippen LogP contribution in [0.1, 0.15) is 22.0 Å². The molecule has 178 valence electrons. The zero-order valence-corrected chi connectivity index (χ0v) is 20.0. The molecule has 0 fully saturated rings. The lowest BCUT2D eigenvalue weighted by Crippen LogP contribution is -2.44. The summed E-state index contributed by atoms with van der Waals surface area (Å²) in [5.41, 5.74) is 1.49. The number of hydrogen-bond acceptors (Lipinski definition) is 4. The van der Waals surface area contributed by atoms with Crippen LogP contribution in [-0.4, -0.2) is 18.9 Å². The molecule has 4 rings (SSSR count). The molecule has 0 aliphatic heterocycles. The Morgan fingerprint density at radius 2 is 1.66 bits per heavy atom. The van der Waals surface area contributed by atoms with Gasteiger partial charge < -0.3 is 10.1 Å². The van der Waals surface area contributed by atoms with Crippen molar-refractivity contribution in [1.29, 1.82) is 0 Å². The number of anilines is 1. The summed E-state index contributed by atoms with van der Waals surface area (Å²) in [6, 6.07) is 24.8. The summed E-state index contributed by atoms with van der Waals surface area (Å²) < 4.78 is 20.2. The van der Waals surface area contributed by atoms with Gasteiger partial charge in [-0.1, -0.05) is 54.6 Å². The zero-order valence-electron chi connectivity index (χ0n) is 19.2. The number of ether oxygens (including phenoxy) is 1. The van der Waals surface area contributed by atoms with Crippen LogP contribution >= 0.6 is 11.3 Å². The van der Waals surface area contributed by atoms with Crippen molar-refractivity contribution in [2.45, 2.75) is 19.0 Å². The Morgan fingerprint density at radius 1 is 0.943 bits per heavy atom. The first-order valence-electron chi connectivity index (χ1n) is 11.1. The molecule has 0 aliphatic rings. The third kappa shape index (κ3) is 5.94. The molecule has 4 aromatic rings. The SMILES string of the molecule is COc1ccc(CNC(=O)[C@H](c2ccccc2F)N(C(=O)Cc2cccs2)c2ccccc2)cc1. The Hall–Kier alpha value is -3.97. The molecule has 0 saturated heterocycles. The largest absolute Gasteiger partial charge is 0.497 e. The molecule has 2 amide bonds. The fraction of sp³-hybridized carbons (Fsp3) is 0.143. The van der Waals surface area contributed by atoms with Crippen LogP contribution in [0.4, 0.5) is 10.1 Å². The van der Waals surface area contributed by atoms with E-state index in [-0.39, 0.29) is 24.4 Å². The molecule has 1 N–H and O–H groups in total. The lowest BCUT2D eigenvalue weighted by atomic mass is 10.0. The van der Waals surface area contributed by atoms with Crippen LogP contribution in [0.5, 0.6) is 5.75 Å². The van der Waals surface area contributed by atoms with Crippen LogP contribution in [0.3, 0.4) is 0 Å². The average molecular weight is 489 g/mol. The summed E-state index contributed by atoms with van der Waals surface area (Å²) in [5.74, 6) is -0.624. The van der Waals surface area contributed by atoms with Gasteiger partial charge in [-0.2, -0.15) is 0 Å². The van der Waals surface area contributed by atoms with Crippen LogP contribution in [-0.2, 0) is 22.6 Å². The van der Waals surface area contributed by atoms with Gasteiger partial charge in [-0.05, 0) is 47.3 Å². The number of carbonyl (C=O) groups is 2. The highest BCUT2D eigenvalue weighted by molar-refractivity contribution is 7.10. The van der Waals surface area contributed by atoms with Crippen molar-refractivity contribution in [2.24, 2.45) is 0 Å². The topological polar surface area (TPSA) is 58.6 Å². The maximum absolute atomic E-state index is 15.0. The minimum atomic E-state index is -1.19. The monoisotopic (exact) mass is 488 g/mol. The third-order valence-corrected chi connectivity index (χ3v) is 6.42. The lowest BCUT2D eigenvalue weighted by molar-refractivity contribution is -0.126. The first-order chi connectivity index (χ1) is 17.1. The highest BCUT2D eigenvalue weighted by Gasteiger charge is 2.34. The number of nitrogens with zero attached hydrogens (tertiary/aromatic N) is 1. The number of hydrogen-bond donors (Lipinski definition) is 1. The van der Waals surface area contributed by atoms with E-state index < -0.39 is 17.8 Å². The van der Waals surface area contributed by atoms with Crippen LogP contribution in [0.15, 0.2) is 96.4 Å². The van der Waals surface area contributed by atoms with Gasteiger partial charge in [0.05, 0.1) is 13.5 Å². The average Bonchev–Trinajstić information content (AvgIpc) is 3.40. The molecular weight excluding hydrogens is 463 g/mol. The Labute approximate surface area is 207 Å². The normalized spacial score (nSPS) is 11.5. The second-order valence-corrected chi connectivity index (χ2v) is 8.88. The molecule has 7 heteroatoms. The zero-order chi connectivity index (χ0) is 24.6. The molecule has 35 heavy (non-hydrogen) atoms. The van der Waals surface area contributed by atoms with Crippen LogP contribution in [0.25, 0.3) is 0 Å². The standard InChI is InChI=1S/C28H25FN2O3S/c1-34-22-15-13-20(14-16-22)19-30-28(33)27(24-11-5-6-12-25(24)29)31(21-8-3-2-4-9-21)26(32)18-23-10-7-17-35-23/h2-17,27H,18-19H2,1H3,(H,30,33)/t27-/m0/s1. The molecule has 1 heterocycles. The highest BCUT2D eigenvalue weighted by atomic mass is 32.1. The summed E-state index contributed by atoms with van der Waals surface area (Å²) in [7, 11) is 1.58. The molecule has 1 aromatic heterocycles. The van der Waals surface area contributed by atoms with E-state index in [2.05, 4.69) is 5.32 Å². The number of nitrogens with one attached hydrogen (secondary N) is 1. The van der Waals surface area contributed by atoms with Gasteiger partial charge in [-0.25, -0.2) is 4.39 Å². The van der Waals surface area contributed by atoms with Crippen LogP contribution in [0.2, 0.25) is 0 Å². The Morgan fingerprint density at radius 3 is 2.31 bits per heavy atom. The number of rotatable bonds is 9. The number of amides is 2. The molecule has 3 aromatic carbocycles. The van der Waals surface area contributed by atoms with E-state index >= 15 is 4.39 Å². The van der Waals surface area contributed by atoms with Crippen LogP contribution < -0.4 is 15.0 Å². The maximum Gasteiger partial charge on any atom is 0.248 e. The van der Waals surface area contributed by atoms with Gasteiger partial charge in [0, 0.05) is 22.7 Å². The second-order valence-electron chi connectivity index (χ2n) is 7.85. The fourth-order valence-electron chi connectivity index (χ4n) is 3.80. The van der Waals surface area contributed by atoms with Crippen LogP contribution in [0, 0.1) is 5.82 Å². The Balaban J connectivity index is 1.69. The minimum Gasteiger partial charge on any atom is -0.497 e. The number of benzene rings is 3. The van der Waals surface area contributed by atoms with E-state index in [1.165, 1.54) is 22.3 Å². The number of para-hydroxylation sites is 1. The van der Waals surface area contributed by atoms with Gasteiger partial charge in [-0.15, -0.1) is 11.3 Å². The number of thiophene rings is 1. The van der Waals surface area contributed by atoms with Gasteiger partial charge in [0.25, 0.3) is 0 Å². The molecule has 5 nitrogen and oxygen atoms in total. The van der Waals surface area contributed by atoms with Crippen molar-refractivity contribution in [3.8, 4) is 5.75 Å². The van der Waals surface area contributed by atoms with Gasteiger partial charge in [0.2, 0.25) is 11.8 Å². The number of halogens is 1. The van der Waals surface area contributed by atoms with E-state index in [9.17, 15) is 9.59 Å². The molecule has 0 bridgehead atoms. The van der Waals surface area contributed by atoms with Crippen molar-refractivity contribution in [1.82, 2.24) is 5.32 Å². The van der Waals surface area contributed by atoms with Gasteiger partial charge in [-0.3, -0.25) is 14.5 Å². The molecule has 0 saturated carbocycles. The molecule has 1 atom stereocenters. The quantitative estimate of drug-likeness (QED) is 0.337. The number of methoxy groups -OCH3 is 1. The highest BCUT2D eigenvalue weighted by Crippen LogP contribution is 2.30. The van der Waals surface area contributed by atoms with Crippen molar-refractivity contribution in [2.75, 3.05) is 12.0 Å². The van der Waals surface area contributed by atoms with Gasteiger partial charge in [0.1, 0.15) is 17.6 Å². The Bertz CT molecular complexity index is 1260. The summed E-state index contributed by atoms with van der Waals surface area (Å²) in [5, 5.41) is 4.78. The molecule has 0 radical (unpaired) electrons. The van der Waals surface area contributed by atoms with Crippen molar-refractivity contribution >= 4 is 28.8 Å².